The van der Waals surface area contributed by atoms with Crippen LogP contribution in [0.3, 0.4) is 0 Å². The molecule has 3 heteroatoms. The molecule has 0 bridgehead atoms. The summed E-state index contributed by atoms with van der Waals surface area (Å²) in [5, 5.41) is 12.3. The monoisotopic (exact) mass is 240 g/mol. The molecule has 0 saturated heterocycles. The van der Waals surface area contributed by atoms with Crippen LogP contribution in [0.5, 0.6) is 5.75 Å². The Morgan fingerprint density at radius 3 is 2.67 bits per heavy atom. The highest BCUT2D eigenvalue weighted by molar-refractivity contribution is 6.31. The molecule has 0 heterocycles. The molecule has 2 aromatic carbocycles. The van der Waals surface area contributed by atoms with E-state index in [1.165, 1.54) is 0 Å². The predicted molar refractivity (Wildman–Crippen MR) is 64.9 cm³/mol. The second-order valence-corrected chi connectivity index (χ2v) is 4.21. The molecule has 15 heavy (non-hydrogen) atoms. The molecule has 0 atom stereocenters. The fourth-order valence-corrected chi connectivity index (χ4v) is 2.10. The van der Waals surface area contributed by atoms with E-state index in [4.69, 9.17) is 23.2 Å². The van der Waals surface area contributed by atoms with E-state index in [2.05, 4.69) is 0 Å². The molecule has 0 aliphatic rings. The van der Waals surface area contributed by atoms with Gasteiger partial charge in [-0.25, -0.2) is 0 Å². The Hall–Kier alpha value is -0.920. The summed E-state index contributed by atoms with van der Waals surface area (Å²) < 4.78 is 0. The van der Waals surface area contributed by atoms with Crippen molar-refractivity contribution >= 4 is 34.0 Å². The first-order valence-electron chi connectivity index (χ1n) is 4.60. The molecule has 0 radical (unpaired) electrons. The molecular weight excluding hydrogens is 231 g/mol. The van der Waals surface area contributed by atoms with E-state index < -0.39 is 0 Å². The molecule has 78 valence electrons. The van der Waals surface area contributed by atoms with Crippen LogP contribution < -0.4 is 0 Å². The molecule has 0 saturated carbocycles. The smallest absolute Gasteiger partial charge is 0.126 e. The normalized spacial score (nSPS) is 10.9. The fraction of sp³-hybridized carbons (Fsp3) is 0.167. The number of rotatable bonds is 1. The Balaban J connectivity index is 2.84. The Morgan fingerprint density at radius 2 is 2.00 bits per heavy atom. The molecular formula is C12H10Cl2O. The number of phenolic OH excluding ortho intramolecular Hbond substituents is 1. The summed E-state index contributed by atoms with van der Waals surface area (Å²) in [6, 6.07) is 7.43. The third-order valence-electron chi connectivity index (χ3n) is 2.58. The van der Waals surface area contributed by atoms with Crippen molar-refractivity contribution in [3.63, 3.8) is 0 Å². The first kappa shape index (κ1) is 10.6. The van der Waals surface area contributed by atoms with Gasteiger partial charge in [-0.2, -0.15) is 0 Å². The molecule has 0 spiro atoms. The quantitative estimate of drug-likeness (QED) is 0.740. The van der Waals surface area contributed by atoms with Gasteiger partial charge in [-0.05, 0) is 41.6 Å². The molecule has 0 amide bonds. The second kappa shape index (κ2) is 3.92. The van der Waals surface area contributed by atoms with Crippen molar-refractivity contribution in [1.82, 2.24) is 0 Å². The van der Waals surface area contributed by atoms with Crippen LogP contribution >= 0.6 is 23.2 Å². The van der Waals surface area contributed by atoms with Gasteiger partial charge in [0.05, 0.1) is 0 Å². The van der Waals surface area contributed by atoms with Crippen LogP contribution in [0.15, 0.2) is 24.3 Å². The minimum absolute atomic E-state index is 0.269. The summed E-state index contributed by atoms with van der Waals surface area (Å²) in [5.74, 6) is 0.670. The summed E-state index contributed by atoms with van der Waals surface area (Å²) in [6.45, 7) is 1.85. The van der Waals surface area contributed by atoms with E-state index in [1.807, 2.05) is 19.1 Å². The average molecular weight is 241 g/mol. The minimum Gasteiger partial charge on any atom is -0.507 e. The second-order valence-electron chi connectivity index (χ2n) is 3.51. The van der Waals surface area contributed by atoms with E-state index >= 15 is 0 Å². The Kier molecular flexibility index (Phi) is 2.76. The van der Waals surface area contributed by atoms with Gasteiger partial charge in [-0.3, -0.25) is 0 Å². The van der Waals surface area contributed by atoms with Gasteiger partial charge in [0.25, 0.3) is 0 Å². The van der Waals surface area contributed by atoms with Gasteiger partial charge >= 0.3 is 0 Å². The Bertz CT molecular complexity index is 521. The Morgan fingerprint density at radius 1 is 1.27 bits per heavy atom. The molecule has 1 nitrogen and oxygen atoms in total. The van der Waals surface area contributed by atoms with E-state index in [9.17, 15) is 5.11 Å². The highest BCUT2D eigenvalue weighted by Gasteiger charge is 2.08. The van der Waals surface area contributed by atoms with Gasteiger partial charge in [0.2, 0.25) is 0 Å². The SMILES string of the molecule is Cc1c(CCl)cc2ccc(Cl)cc2c1O. The van der Waals surface area contributed by atoms with Crippen molar-refractivity contribution in [2.45, 2.75) is 12.8 Å². The molecule has 1 N–H and O–H groups in total. The molecule has 2 aromatic rings. The van der Waals surface area contributed by atoms with Gasteiger partial charge in [0.1, 0.15) is 5.75 Å². The van der Waals surface area contributed by atoms with Crippen LogP contribution in [0.1, 0.15) is 11.1 Å². The standard InChI is InChI=1S/C12H10Cl2O/c1-7-9(6-13)4-8-2-3-10(14)5-11(8)12(7)15/h2-5,15H,6H2,1H3. The summed E-state index contributed by atoms with van der Waals surface area (Å²) in [4.78, 5) is 0. The third kappa shape index (κ3) is 1.77. The summed E-state index contributed by atoms with van der Waals surface area (Å²) >= 11 is 11.7. The molecule has 0 aromatic heterocycles. The number of aromatic hydroxyl groups is 1. The van der Waals surface area contributed by atoms with Crippen molar-refractivity contribution in [3.05, 3.63) is 40.4 Å². The van der Waals surface area contributed by atoms with Crippen LogP contribution in [0.25, 0.3) is 10.8 Å². The summed E-state index contributed by atoms with van der Waals surface area (Å²) in [5.41, 5.74) is 1.77. The molecule has 0 aliphatic heterocycles. The van der Waals surface area contributed by atoms with Crippen LogP contribution in [0.4, 0.5) is 0 Å². The fourth-order valence-electron chi connectivity index (χ4n) is 1.65. The lowest BCUT2D eigenvalue weighted by molar-refractivity contribution is 0.477. The maximum absolute atomic E-state index is 9.98. The average Bonchev–Trinajstić information content (AvgIpc) is 2.24. The van der Waals surface area contributed by atoms with E-state index in [0.29, 0.717) is 10.9 Å². The molecule has 0 unspecified atom stereocenters. The zero-order chi connectivity index (χ0) is 11.0. The predicted octanol–water partition coefficient (Wildman–Crippen LogP) is 4.25. The van der Waals surface area contributed by atoms with Gasteiger partial charge in [0, 0.05) is 16.3 Å². The zero-order valence-electron chi connectivity index (χ0n) is 8.22. The number of hydrogen-bond acceptors (Lipinski definition) is 1. The third-order valence-corrected chi connectivity index (χ3v) is 3.10. The lowest BCUT2D eigenvalue weighted by atomic mass is 10.0. The zero-order valence-corrected chi connectivity index (χ0v) is 9.73. The number of alkyl halides is 1. The number of phenols is 1. The highest BCUT2D eigenvalue weighted by Crippen LogP contribution is 2.33. The van der Waals surface area contributed by atoms with Gasteiger partial charge < -0.3 is 5.11 Å². The number of fused-ring (bicyclic) bond motifs is 1. The molecule has 0 aliphatic carbocycles. The van der Waals surface area contributed by atoms with E-state index in [-0.39, 0.29) is 5.75 Å². The van der Waals surface area contributed by atoms with Crippen LogP contribution in [-0.4, -0.2) is 5.11 Å². The highest BCUT2D eigenvalue weighted by atomic mass is 35.5. The lowest BCUT2D eigenvalue weighted by Crippen LogP contribution is -1.87. The minimum atomic E-state index is 0.269. The molecule has 2 rings (SSSR count). The van der Waals surface area contributed by atoms with Crippen molar-refractivity contribution in [2.24, 2.45) is 0 Å². The number of hydrogen-bond donors (Lipinski definition) is 1. The largest absolute Gasteiger partial charge is 0.507 e. The van der Waals surface area contributed by atoms with Gasteiger partial charge in [-0.1, -0.05) is 17.7 Å². The first-order chi connectivity index (χ1) is 7.13. The van der Waals surface area contributed by atoms with Gasteiger partial charge in [0.15, 0.2) is 0 Å². The van der Waals surface area contributed by atoms with Gasteiger partial charge in [-0.15, -0.1) is 11.6 Å². The van der Waals surface area contributed by atoms with Crippen molar-refractivity contribution < 1.29 is 5.11 Å². The van der Waals surface area contributed by atoms with E-state index in [1.54, 1.807) is 12.1 Å². The maximum atomic E-state index is 9.98. The lowest BCUT2D eigenvalue weighted by Gasteiger charge is -2.09. The van der Waals surface area contributed by atoms with E-state index in [0.717, 1.165) is 21.9 Å². The summed E-state index contributed by atoms with van der Waals surface area (Å²) in [7, 11) is 0. The van der Waals surface area contributed by atoms with Crippen molar-refractivity contribution in [3.8, 4) is 5.75 Å². The van der Waals surface area contributed by atoms with Crippen LogP contribution in [0.2, 0.25) is 5.02 Å². The maximum Gasteiger partial charge on any atom is 0.126 e. The van der Waals surface area contributed by atoms with Crippen LogP contribution in [0, 0.1) is 6.92 Å². The van der Waals surface area contributed by atoms with Crippen molar-refractivity contribution in [1.29, 1.82) is 0 Å². The number of benzene rings is 2. The Labute approximate surface area is 98.2 Å². The van der Waals surface area contributed by atoms with Crippen LogP contribution in [-0.2, 0) is 5.88 Å². The first-order valence-corrected chi connectivity index (χ1v) is 5.51. The number of halogens is 2. The molecule has 0 fully saturated rings. The topological polar surface area (TPSA) is 20.2 Å². The summed E-state index contributed by atoms with van der Waals surface area (Å²) in [6.07, 6.45) is 0. The van der Waals surface area contributed by atoms with Crippen molar-refractivity contribution in [2.75, 3.05) is 0 Å².